The number of hydrogen-bond donors (Lipinski definition) is 3. The van der Waals surface area contributed by atoms with Crippen molar-refractivity contribution in [1.29, 1.82) is 0 Å². The van der Waals surface area contributed by atoms with Gasteiger partial charge in [0.05, 0.1) is 5.56 Å². The fourth-order valence-electron chi connectivity index (χ4n) is 2.55. The van der Waals surface area contributed by atoms with Crippen molar-refractivity contribution in [2.45, 2.75) is 24.4 Å². The molecule has 0 unspecified atom stereocenters. The molecule has 1 atom stereocenters. The number of rotatable bonds is 3. The minimum atomic E-state index is -0.360. The topological polar surface area (TPSA) is 95.1 Å². The van der Waals surface area contributed by atoms with Gasteiger partial charge in [0.1, 0.15) is 11.6 Å². The van der Waals surface area contributed by atoms with Crippen LogP contribution in [-0.4, -0.2) is 26.7 Å². The largest absolute Gasteiger partial charge is 0.508 e. The molecule has 22 heavy (non-hydrogen) atoms. The maximum Gasteiger partial charge on any atom is 0.257 e. The standard InChI is InChI=1S/C15H15N3O3S/c1-2-22-15-17-13-12(14(21)18-15)10(7-11(20)16-13)8-3-5-9(19)6-4-8/h3-6,10,19H,2,7H2,1H3,(H2,16,17,18,20,21)/t10-/m0/s1. The van der Waals surface area contributed by atoms with E-state index in [1.807, 2.05) is 6.92 Å². The minimum Gasteiger partial charge on any atom is -0.508 e. The molecule has 114 valence electrons. The number of aromatic hydroxyl groups is 1. The van der Waals surface area contributed by atoms with E-state index in [0.717, 1.165) is 11.3 Å². The summed E-state index contributed by atoms with van der Waals surface area (Å²) in [5.41, 5.74) is 1.03. The molecule has 2 heterocycles. The first kappa shape index (κ1) is 14.6. The van der Waals surface area contributed by atoms with Crippen LogP contribution < -0.4 is 10.9 Å². The van der Waals surface area contributed by atoms with Crippen LogP contribution in [0.25, 0.3) is 0 Å². The average Bonchev–Trinajstić information content (AvgIpc) is 2.47. The predicted molar refractivity (Wildman–Crippen MR) is 84.5 cm³/mol. The van der Waals surface area contributed by atoms with Gasteiger partial charge in [0.25, 0.3) is 5.56 Å². The van der Waals surface area contributed by atoms with Crippen LogP contribution in [-0.2, 0) is 4.79 Å². The Balaban J connectivity index is 2.11. The molecule has 0 saturated heterocycles. The number of fused-ring (bicyclic) bond motifs is 1. The second-order valence-corrected chi connectivity index (χ2v) is 6.22. The first-order valence-electron chi connectivity index (χ1n) is 6.94. The molecule has 6 nitrogen and oxygen atoms in total. The van der Waals surface area contributed by atoms with Gasteiger partial charge in [-0.05, 0) is 23.4 Å². The van der Waals surface area contributed by atoms with Gasteiger partial charge in [-0.3, -0.25) is 9.59 Å². The highest BCUT2D eigenvalue weighted by Crippen LogP contribution is 2.34. The van der Waals surface area contributed by atoms with Gasteiger partial charge >= 0.3 is 0 Å². The molecule has 0 aliphatic carbocycles. The number of anilines is 1. The van der Waals surface area contributed by atoms with Gasteiger partial charge < -0.3 is 15.4 Å². The van der Waals surface area contributed by atoms with Gasteiger partial charge in [0.2, 0.25) is 5.91 Å². The monoisotopic (exact) mass is 317 g/mol. The molecule has 1 aliphatic rings. The predicted octanol–water partition coefficient (Wildman–Crippen LogP) is 2.06. The van der Waals surface area contributed by atoms with E-state index in [9.17, 15) is 14.7 Å². The molecule has 0 saturated carbocycles. The summed E-state index contributed by atoms with van der Waals surface area (Å²) >= 11 is 1.41. The van der Waals surface area contributed by atoms with Gasteiger partial charge in [-0.1, -0.05) is 30.8 Å². The summed E-state index contributed by atoms with van der Waals surface area (Å²) in [6.45, 7) is 1.96. The first-order valence-corrected chi connectivity index (χ1v) is 7.93. The molecule has 1 amide bonds. The highest BCUT2D eigenvalue weighted by molar-refractivity contribution is 7.99. The Labute approximate surface area is 131 Å². The number of phenols is 1. The maximum absolute atomic E-state index is 12.4. The van der Waals surface area contributed by atoms with Crippen molar-refractivity contribution in [2.24, 2.45) is 0 Å². The van der Waals surface area contributed by atoms with Crippen LogP contribution in [0.15, 0.2) is 34.2 Å². The van der Waals surface area contributed by atoms with Gasteiger partial charge in [0.15, 0.2) is 5.16 Å². The van der Waals surface area contributed by atoms with E-state index in [0.29, 0.717) is 16.5 Å². The summed E-state index contributed by atoms with van der Waals surface area (Å²) in [5, 5.41) is 12.6. The summed E-state index contributed by atoms with van der Waals surface area (Å²) in [6, 6.07) is 6.53. The summed E-state index contributed by atoms with van der Waals surface area (Å²) in [6.07, 6.45) is 0.183. The fraction of sp³-hybridized carbons (Fsp3) is 0.267. The van der Waals surface area contributed by atoms with E-state index in [1.165, 1.54) is 11.8 Å². The smallest absolute Gasteiger partial charge is 0.257 e. The molecular formula is C15H15N3O3S. The lowest BCUT2D eigenvalue weighted by Gasteiger charge is -2.24. The van der Waals surface area contributed by atoms with Crippen molar-refractivity contribution in [3.63, 3.8) is 0 Å². The molecule has 0 bridgehead atoms. The third-order valence-electron chi connectivity index (χ3n) is 3.51. The quantitative estimate of drug-likeness (QED) is 0.595. The zero-order valence-electron chi connectivity index (χ0n) is 11.9. The SMILES string of the molecule is CCSc1nc2c(c(=O)[nH]1)[C@H](c1ccc(O)cc1)CC(=O)N2. The first-order chi connectivity index (χ1) is 10.6. The number of amides is 1. The van der Waals surface area contributed by atoms with Crippen LogP contribution in [0.2, 0.25) is 0 Å². The van der Waals surface area contributed by atoms with Crippen molar-refractivity contribution in [2.75, 3.05) is 11.1 Å². The Morgan fingerprint density at radius 3 is 2.73 bits per heavy atom. The molecule has 1 aromatic carbocycles. The Bertz CT molecular complexity index is 771. The molecular weight excluding hydrogens is 302 g/mol. The number of aromatic amines is 1. The van der Waals surface area contributed by atoms with Crippen LogP contribution in [0.4, 0.5) is 5.82 Å². The van der Waals surface area contributed by atoms with E-state index in [2.05, 4.69) is 15.3 Å². The van der Waals surface area contributed by atoms with Crippen molar-refractivity contribution in [3.05, 3.63) is 45.7 Å². The third kappa shape index (κ3) is 2.71. The summed E-state index contributed by atoms with van der Waals surface area (Å²) < 4.78 is 0. The van der Waals surface area contributed by atoms with Crippen LogP contribution in [0.1, 0.15) is 30.4 Å². The van der Waals surface area contributed by atoms with Crippen molar-refractivity contribution >= 4 is 23.5 Å². The lowest BCUT2D eigenvalue weighted by molar-refractivity contribution is -0.116. The van der Waals surface area contributed by atoms with Crippen LogP contribution >= 0.6 is 11.8 Å². The lowest BCUT2D eigenvalue weighted by atomic mass is 9.87. The number of carbonyl (C=O) groups is 1. The summed E-state index contributed by atoms with van der Waals surface area (Å²) in [4.78, 5) is 31.4. The molecule has 0 fully saturated rings. The van der Waals surface area contributed by atoms with Crippen molar-refractivity contribution < 1.29 is 9.90 Å². The Morgan fingerprint density at radius 2 is 2.05 bits per heavy atom. The van der Waals surface area contributed by atoms with Gasteiger partial charge in [-0.2, -0.15) is 0 Å². The Hall–Kier alpha value is -2.28. The number of nitrogens with one attached hydrogen (secondary N) is 2. The number of H-pyrrole nitrogens is 1. The van der Waals surface area contributed by atoms with Crippen LogP contribution in [0.5, 0.6) is 5.75 Å². The number of phenolic OH excluding ortho intramolecular Hbond substituents is 1. The zero-order valence-corrected chi connectivity index (χ0v) is 12.7. The number of carbonyl (C=O) groups excluding carboxylic acids is 1. The number of hydrogen-bond acceptors (Lipinski definition) is 5. The minimum absolute atomic E-state index is 0.144. The highest BCUT2D eigenvalue weighted by atomic mass is 32.2. The maximum atomic E-state index is 12.4. The molecule has 0 spiro atoms. The molecule has 0 radical (unpaired) electrons. The van der Waals surface area contributed by atoms with Crippen molar-refractivity contribution in [1.82, 2.24) is 9.97 Å². The molecule has 2 aromatic rings. The van der Waals surface area contributed by atoms with Gasteiger partial charge in [-0.25, -0.2) is 4.98 Å². The van der Waals surface area contributed by atoms with Crippen LogP contribution in [0, 0.1) is 0 Å². The number of benzene rings is 1. The van der Waals surface area contributed by atoms with Gasteiger partial charge in [0, 0.05) is 12.3 Å². The van der Waals surface area contributed by atoms with E-state index >= 15 is 0 Å². The number of thioether (sulfide) groups is 1. The van der Waals surface area contributed by atoms with Gasteiger partial charge in [-0.15, -0.1) is 0 Å². The normalized spacial score (nSPS) is 17.0. The average molecular weight is 317 g/mol. The second kappa shape index (κ2) is 5.84. The fourth-order valence-corrected chi connectivity index (χ4v) is 3.14. The van der Waals surface area contributed by atoms with E-state index in [1.54, 1.807) is 24.3 Å². The molecule has 3 N–H and O–H groups in total. The van der Waals surface area contributed by atoms with E-state index in [4.69, 9.17) is 0 Å². The van der Waals surface area contributed by atoms with Crippen molar-refractivity contribution in [3.8, 4) is 5.75 Å². The molecule has 1 aromatic heterocycles. The molecule has 3 rings (SSSR count). The number of aromatic nitrogens is 2. The molecule has 7 heteroatoms. The Kier molecular flexibility index (Phi) is 3.89. The van der Waals surface area contributed by atoms with E-state index < -0.39 is 0 Å². The third-order valence-corrected chi connectivity index (χ3v) is 4.26. The zero-order chi connectivity index (χ0) is 15.7. The lowest BCUT2D eigenvalue weighted by Crippen LogP contribution is -2.31. The summed E-state index contributed by atoms with van der Waals surface area (Å²) in [5.74, 6) is 0.717. The highest BCUT2D eigenvalue weighted by Gasteiger charge is 2.30. The summed E-state index contributed by atoms with van der Waals surface area (Å²) in [7, 11) is 0. The Morgan fingerprint density at radius 1 is 1.32 bits per heavy atom. The second-order valence-electron chi connectivity index (χ2n) is 4.96. The molecule has 1 aliphatic heterocycles. The van der Waals surface area contributed by atoms with E-state index in [-0.39, 0.29) is 29.6 Å². The van der Waals surface area contributed by atoms with Crippen LogP contribution in [0.3, 0.4) is 0 Å². The number of nitrogens with zero attached hydrogens (tertiary/aromatic N) is 1.